The maximum atomic E-state index is 13.9. The molecule has 0 spiro atoms. The van der Waals surface area contributed by atoms with E-state index in [4.69, 9.17) is 9.97 Å². The first-order valence-electron chi connectivity index (χ1n) is 13.8. The van der Waals surface area contributed by atoms with Crippen LogP contribution in [0.15, 0.2) is 54.8 Å². The number of carbonyl (C=O) groups excluding carboxylic acids is 1. The lowest BCUT2D eigenvalue weighted by molar-refractivity contribution is -0.127. The van der Waals surface area contributed by atoms with Crippen molar-refractivity contribution >= 4 is 30.0 Å². The van der Waals surface area contributed by atoms with Gasteiger partial charge >= 0.3 is 0 Å². The number of aryl methyl sites for hydroxylation is 1. The van der Waals surface area contributed by atoms with Gasteiger partial charge in [-0.2, -0.15) is 0 Å². The summed E-state index contributed by atoms with van der Waals surface area (Å²) in [6, 6.07) is 5.81. The molecule has 2 aromatic rings. The topological polar surface area (TPSA) is 103 Å². The third kappa shape index (κ3) is 9.20. The van der Waals surface area contributed by atoms with Crippen LogP contribution in [0.5, 0.6) is 0 Å². The molecule has 2 aromatic heterocycles. The molecule has 1 amide bonds. The average Bonchev–Trinajstić information content (AvgIpc) is 2.96. The SMILES string of the molecule is C=Cc1nc(/C=C/CC(F)/C=C\C)c(CCCCC(O)O)nc1/C=C(\C)C(=O)N1CCN(c2ccccn2)CC1. The predicted molar refractivity (Wildman–Crippen MR) is 158 cm³/mol. The lowest BCUT2D eigenvalue weighted by Gasteiger charge is -2.35. The van der Waals surface area contributed by atoms with Crippen LogP contribution < -0.4 is 4.90 Å². The number of nitrogens with zero attached hydrogens (tertiary/aromatic N) is 5. The lowest BCUT2D eigenvalue weighted by Crippen LogP contribution is -2.49. The van der Waals surface area contributed by atoms with Gasteiger partial charge in [0.25, 0.3) is 0 Å². The number of aromatic nitrogens is 3. The minimum atomic E-state index is -1.35. The zero-order chi connectivity index (χ0) is 28.9. The summed E-state index contributed by atoms with van der Waals surface area (Å²) in [5, 5.41) is 18.3. The monoisotopic (exact) mass is 549 g/mol. The van der Waals surface area contributed by atoms with Gasteiger partial charge < -0.3 is 20.0 Å². The van der Waals surface area contributed by atoms with Crippen LogP contribution in [0.1, 0.15) is 62.3 Å². The minimum absolute atomic E-state index is 0.0575. The Kier molecular flexibility index (Phi) is 12.2. The summed E-state index contributed by atoms with van der Waals surface area (Å²) in [6.45, 7) is 10.0. The number of pyridine rings is 1. The molecule has 3 rings (SSSR count). The lowest BCUT2D eigenvalue weighted by atomic mass is 10.1. The standard InChI is InChI=1S/C31H40FN5O3/c1-4-11-24(32)12-10-14-27-26(13-6-7-16-30(38)39)35-28(25(5-2)34-27)22-23(3)31(40)37-20-18-36(19-21-37)29-15-8-9-17-33-29/h4-5,8-11,14-15,17,22,24,30,38-39H,2,6-7,12-13,16,18-21H2,1,3H3/b11-4-,14-10+,23-22+. The van der Waals surface area contributed by atoms with E-state index in [0.717, 1.165) is 5.82 Å². The number of hydrogen-bond acceptors (Lipinski definition) is 7. The van der Waals surface area contributed by atoms with Gasteiger partial charge in [-0.25, -0.2) is 19.3 Å². The fourth-order valence-corrected chi connectivity index (χ4v) is 4.50. The number of unbranched alkanes of at least 4 members (excludes halogenated alkanes) is 1. The molecule has 1 saturated heterocycles. The van der Waals surface area contributed by atoms with E-state index in [1.54, 1.807) is 50.4 Å². The Hall–Kier alpha value is -3.69. The molecule has 9 heteroatoms. The second kappa shape index (κ2) is 15.8. The number of hydrogen-bond donors (Lipinski definition) is 2. The number of alkyl halides is 1. The number of amides is 1. The smallest absolute Gasteiger partial charge is 0.249 e. The van der Waals surface area contributed by atoms with E-state index < -0.39 is 12.5 Å². The molecular weight excluding hydrogens is 509 g/mol. The summed E-state index contributed by atoms with van der Waals surface area (Å²) in [5.74, 6) is 0.852. The van der Waals surface area contributed by atoms with E-state index in [-0.39, 0.29) is 18.7 Å². The number of allylic oxidation sites excluding steroid dienone is 3. The first-order valence-corrected chi connectivity index (χ1v) is 13.8. The normalized spacial score (nSPS) is 15.4. The average molecular weight is 550 g/mol. The summed E-state index contributed by atoms with van der Waals surface area (Å²) in [7, 11) is 0. The Morgan fingerprint density at radius 1 is 1.12 bits per heavy atom. The Bertz CT molecular complexity index is 1200. The molecule has 0 aromatic carbocycles. The Morgan fingerprint density at radius 2 is 1.90 bits per heavy atom. The largest absolute Gasteiger partial charge is 0.368 e. The van der Waals surface area contributed by atoms with Gasteiger partial charge in [0.2, 0.25) is 5.91 Å². The fraction of sp³-hybridized carbons (Fsp3) is 0.419. The molecule has 0 radical (unpaired) electrons. The van der Waals surface area contributed by atoms with Gasteiger partial charge in [0.05, 0.1) is 22.8 Å². The summed E-state index contributed by atoms with van der Waals surface area (Å²) < 4.78 is 13.9. The van der Waals surface area contributed by atoms with Crippen LogP contribution >= 0.6 is 0 Å². The van der Waals surface area contributed by atoms with Crippen LogP contribution in [-0.4, -0.2) is 74.6 Å². The number of rotatable bonds is 13. The van der Waals surface area contributed by atoms with E-state index in [9.17, 15) is 19.4 Å². The van der Waals surface area contributed by atoms with Gasteiger partial charge in [0.15, 0.2) is 6.29 Å². The molecule has 214 valence electrons. The van der Waals surface area contributed by atoms with Crippen LogP contribution in [0.3, 0.4) is 0 Å². The zero-order valence-corrected chi connectivity index (χ0v) is 23.4. The highest BCUT2D eigenvalue weighted by Gasteiger charge is 2.23. The quantitative estimate of drug-likeness (QED) is 0.163. The Morgan fingerprint density at radius 3 is 2.55 bits per heavy atom. The van der Waals surface area contributed by atoms with Crippen LogP contribution in [0.4, 0.5) is 10.2 Å². The zero-order valence-electron chi connectivity index (χ0n) is 23.4. The summed E-state index contributed by atoms with van der Waals surface area (Å²) in [4.78, 5) is 31.2. The van der Waals surface area contributed by atoms with Gasteiger partial charge in [0.1, 0.15) is 12.0 Å². The molecule has 1 aliphatic heterocycles. The van der Waals surface area contributed by atoms with Crippen LogP contribution in [-0.2, 0) is 11.2 Å². The first kappa shape index (κ1) is 30.8. The van der Waals surface area contributed by atoms with Gasteiger partial charge in [0, 0.05) is 44.4 Å². The van der Waals surface area contributed by atoms with E-state index >= 15 is 0 Å². The van der Waals surface area contributed by atoms with E-state index in [1.165, 1.54) is 6.08 Å². The van der Waals surface area contributed by atoms with Crippen molar-refractivity contribution in [2.45, 2.75) is 58.4 Å². The first-order chi connectivity index (χ1) is 19.3. The molecular formula is C31H40FN5O3. The summed E-state index contributed by atoms with van der Waals surface area (Å²) in [6.07, 6.45) is 11.7. The molecule has 8 nitrogen and oxygen atoms in total. The molecule has 3 heterocycles. The third-order valence-corrected chi connectivity index (χ3v) is 6.64. The predicted octanol–water partition coefficient (Wildman–Crippen LogP) is 4.61. The number of aliphatic hydroxyl groups excluding tert-OH is 1. The van der Waals surface area contributed by atoms with Gasteiger partial charge in [-0.3, -0.25) is 4.79 Å². The van der Waals surface area contributed by atoms with Crippen molar-refractivity contribution in [1.82, 2.24) is 19.9 Å². The third-order valence-electron chi connectivity index (χ3n) is 6.64. The Labute approximate surface area is 236 Å². The van der Waals surface area contributed by atoms with E-state index in [2.05, 4.69) is 16.5 Å². The van der Waals surface area contributed by atoms with Crippen molar-refractivity contribution in [1.29, 1.82) is 0 Å². The highest BCUT2D eigenvalue weighted by Crippen LogP contribution is 2.20. The highest BCUT2D eigenvalue weighted by atomic mass is 19.1. The van der Waals surface area contributed by atoms with Crippen LogP contribution in [0.25, 0.3) is 18.2 Å². The summed E-state index contributed by atoms with van der Waals surface area (Å²) in [5.41, 5.74) is 2.93. The van der Waals surface area contributed by atoms with Crippen LogP contribution in [0.2, 0.25) is 0 Å². The number of aliphatic hydroxyl groups is 2. The molecule has 1 aliphatic rings. The van der Waals surface area contributed by atoms with Crippen molar-refractivity contribution < 1.29 is 19.4 Å². The molecule has 1 atom stereocenters. The van der Waals surface area contributed by atoms with Gasteiger partial charge in [-0.05, 0) is 69.9 Å². The van der Waals surface area contributed by atoms with Gasteiger partial charge in [-0.15, -0.1) is 0 Å². The molecule has 0 aliphatic carbocycles. The van der Waals surface area contributed by atoms with E-state index in [0.29, 0.717) is 73.8 Å². The minimum Gasteiger partial charge on any atom is -0.368 e. The van der Waals surface area contributed by atoms with Crippen molar-refractivity contribution in [2.75, 3.05) is 31.1 Å². The molecule has 40 heavy (non-hydrogen) atoms. The van der Waals surface area contributed by atoms with Crippen LogP contribution in [0, 0.1) is 0 Å². The number of halogens is 1. The van der Waals surface area contributed by atoms with Crippen molar-refractivity contribution in [2.24, 2.45) is 0 Å². The molecule has 1 fully saturated rings. The van der Waals surface area contributed by atoms with Crippen molar-refractivity contribution in [3.05, 3.63) is 77.6 Å². The van der Waals surface area contributed by atoms with Crippen molar-refractivity contribution in [3.8, 4) is 0 Å². The number of anilines is 1. The maximum absolute atomic E-state index is 13.9. The number of carbonyl (C=O) groups is 1. The van der Waals surface area contributed by atoms with E-state index in [1.807, 2.05) is 23.1 Å². The summed E-state index contributed by atoms with van der Waals surface area (Å²) >= 11 is 0. The second-order valence-electron chi connectivity index (χ2n) is 9.73. The molecule has 2 N–H and O–H groups in total. The molecule has 1 unspecified atom stereocenters. The Balaban J connectivity index is 1.78. The maximum Gasteiger partial charge on any atom is 0.249 e. The highest BCUT2D eigenvalue weighted by molar-refractivity contribution is 5.97. The second-order valence-corrected chi connectivity index (χ2v) is 9.73. The van der Waals surface area contributed by atoms with Gasteiger partial charge in [-0.1, -0.05) is 30.9 Å². The molecule has 0 bridgehead atoms. The number of piperazine rings is 1. The van der Waals surface area contributed by atoms with Crippen molar-refractivity contribution in [3.63, 3.8) is 0 Å². The fourth-order valence-electron chi connectivity index (χ4n) is 4.50. The molecule has 0 saturated carbocycles.